The molecule has 0 unspecified atom stereocenters. The Balaban J connectivity index is 1.91. The summed E-state index contributed by atoms with van der Waals surface area (Å²) in [6, 6.07) is 6.05. The number of nitrogens with one attached hydrogen (secondary N) is 1. The highest BCUT2D eigenvalue weighted by Gasteiger charge is 2.53. The summed E-state index contributed by atoms with van der Waals surface area (Å²) in [6.45, 7) is 4.62. The predicted octanol–water partition coefficient (Wildman–Crippen LogP) is 2.67. The van der Waals surface area contributed by atoms with Gasteiger partial charge in [-0.2, -0.15) is 0 Å². The van der Waals surface area contributed by atoms with Crippen LogP contribution in [0.1, 0.15) is 42.4 Å². The van der Waals surface area contributed by atoms with E-state index in [1.54, 1.807) is 4.90 Å². The first-order valence-corrected chi connectivity index (χ1v) is 7.21. The average molecular weight is 272 g/mol. The van der Waals surface area contributed by atoms with Crippen LogP contribution in [0.3, 0.4) is 0 Å². The van der Waals surface area contributed by atoms with Crippen molar-refractivity contribution in [3.05, 3.63) is 34.9 Å². The number of imide groups is 1. The molecule has 0 aromatic heterocycles. The van der Waals surface area contributed by atoms with Gasteiger partial charge < -0.3 is 4.90 Å². The van der Waals surface area contributed by atoms with Crippen molar-refractivity contribution < 1.29 is 9.59 Å². The molecule has 0 radical (unpaired) electrons. The van der Waals surface area contributed by atoms with E-state index in [1.807, 2.05) is 0 Å². The zero-order valence-corrected chi connectivity index (χ0v) is 12.0. The predicted molar refractivity (Wildman–Crippen MR) is 76.2 cm³/mol. The zero-order valence-electron chi connectivity index (χ0n) is 12.0. The maximum atomic E-state index is 12.2. The fraction of sp³-hybridized carbons (Fsp3) is 0.500. The number of carbonyl (C=O) groups excluding carboxylic acids is 2. The second-order valence-corrected chi connectivity index (χ2v) is 6.08. The number of hydrogen-bond acceptors (Lipinski definition) is 2. The summed E-state index contributed by atoms with van der Waals surface area (Å²) < 4.78 is 0. The van der Waals surface area contributed by atoms with Gasteiger partial charge >= 0.3 is 6.03 Å². The van der Waals surface area contributed by atoms with E-state index in [0.29, 0.717) is 6.54 Å². The smallest absolute Gasteiger partial charge is 0.305 e. The lowest BCUT2D eigenvalue weighted by molar-refractivity contribution is -0.126. The van der Waals surface area contributed by atoms with Crippen LogP contribution in [-0.4, -0.2) is 22.4 Å². The molecule has 4 nitrogen and oxygen atoms in total. The van der Waals surface area contributed by atoms with Crippen molar-refractivity contribution in [1.29, 1.82) is 0 Å². The molecule has 1 aliphatic carbocycles. The van der Waals surface area contributed by atoms with E-state index in [0.717, 1.165) is 31.2 Å². The summed E-state index contributed by atoms with van der Waals surface area (Å²) in [4.78, 5) is 26.0. The van der Waals surface area contributed by atoms with Gasteiger partial charge in [0.05, 0.1) is 0 Å². The van der Waals surface area contributed by atoms with Crippen LogP contribution in [0.15, 0.2) is 18.2 Å². The number of benzene rings is 1. The maximum Gasteiger partial charge on any atom is 0.325 e. The summed E-state index contributed by atoms with van der Waals surface area (Å²) in [5, 5.41) is 2.50. The van der Waals surface area contributed by atoms with E-state index in [9.17, 15) is 9.59 Å². The molecule has 3 rings (SSSR count). The molecule has 106 valence electrons. The monoisotopic (exact) mass is 272 g/mol. The Bertz CT molecular complexity index is 554. The quantitative estimate of drug-likeness (QED) is 0.841. The molecule has 1 saturated carbocycles. The van der Waals surface area contributed by atoms with Crippen LogP contribution in [-0.2, 0) is 11.3 Å². The molecule has 1 aromatic rings. The third-order valence-electron chi connectivity index (χ3n) is 4.46. The molecule has 1 heterocycles. The Hall–Kier alpha value is -1.84. The van der Waals surface area contributed by atoms with Crippen LogP contribution in [0, 0.1) is 13.8 Å². The van der Waals surface area contributed by atoms with Gasteiger partial charge in [0.25, 0.3) is 5.91 Å². The van der Waals surface area contributed by atoms with Gasteiger partial charge in [0.1, 0.15) is 5.54 Å². The molecule has 20 heavy (non-hydrogen) atoms. The van der Waals surface area contributed by atoms with Gasteiger partial charge in [-0.05, 0) is 32.3 Å². The van der Waals surface area contributed by atoms with Gasteiger partial charge in [0, 0.05) is 6.54 Å². The highest BCUT2D eigenvalue weighted by atomic mass is 16.2. The fourth-order valence-corrected chi connectivity index (χ4v) is 3.62. The Labute approximate surface area is 119 Å². The molecule has 2 fully saturated rings. The van der Waals surface area contributed by atoms with Crippen LogP contribution >= 0.6 is 0 Å². The third kappa shape index (κ3) is 1.99. The van der Waals surface area contributed by atoms with Crippen molar-refractivity contribution in [3.63, 3.8) is 0 Å². The van der Waals surface area contributed by atoms with Gasteiger partial charge in [-0.15, -0.1) is 0 Å². The summed E-state index contributed by atoms with van der Waals surface area (Å²) in [7, 11) is 0. The largest absolute Gasteiger partial charge is 0.325 e. The van der Waals surface area contributed by atoms with Crippen molar-refractivity contribution in [2.24, 2.45) is 0 Å². The highest BCUT2D eigenvalue weighted by Crippen LogP contribution is 2.39. The van der Waals surface area contributed by atoms with Gasteiger partial charge in [0.2, 0.25) is 0 Å². The Morgan fingerprint density at radius 3 is 2.30 bits per heavy atom. The van der Waals surface area contributed by atoms with Crippen LogP contribution in [0.5, 0.6) is 0 Å². The third-order valence-corrected chi connectivity index (χ3v) is 4.46. The molecule has 1 aliphatic heterocycles. The minimum absolute atomic E-state index is 0.107. The molecule has 0 atom stereocenters. The minimum Gasteiger partial charge on any atom is -0.305 e. The zero-order chi connectivity index (χ0) is 14.3. The van der Waals surface area contributed by atoms with Crippen molar-refractivity contribution in [3.8, 4) is 0 Å². The van der Waals surface area contributed by atoms with Crippen molar-refractivity contribution in [2.45, 2.75) is 51.6 Å². The number of aryl methyl sites for hydroxylation is 2. The van der Waals surface area contributed by atoms with E-state index in [4.69, 9.17) is 0 Å². The standard InChI is InChI=1S/C16H20N2O2/c1-11-7-12(2)9-13(8-11)10-18-15(20)17-14(19)16(18)5-3-4-6-16/h7-9H,3-6,10H2,1-2H3,(H,17,19,20). The lowest BCUT2D eigenvalue weighted by Crippen LogP contribution is -2.46. The van der Waals surface area contributed by atoms with Gasteiger partial charge in [-0.25, -0.2) is 4.79 Å². The van der Waals surface area contributed by atoms with E-state index in [2.05, 4.69) is 37.4 Å². The maximum absolute atomic E-state index is 12.2. The van der Waals surface area contributed by atoms with Crippen molar-refractivity contribution in [1.82, 2.24) is 10.2 Å². The summed E-state index contributed by atoms with van der Waals surface area (Å²) in [6.07, 6.45) is 3.61. The number of nitrogens with zero attached hydrogens (tertiary/aromatic N) is 1. The number of hydrogen-bond donors (Lipinski definition) is 1. The second kappa shape index (κ2) is 4.62. The highest BCUT2D eigenvalue weighted by molar-refractivity contribution is 6.07. The normalized spacial score (nSPS) is 20.8. The Morgan fingerprint density at radius 1 is 1.10 bits per heavy atom. The molecule has 1 spiro atoms. The van der Waals surface area contributed by atoms with Crippen molar-refractivity contribution in [2.75, 3.05) is 0 Å². The van der Waals surface area contributed by atoms with E-state index >= 15 is 0 Å². The van der Waals surface area contributed by atoms with Crippen LogP contribution in [0.25, 0.3) is 0 Å². The summed E-state index contributed by atoms with van der Waals surface area (Å²) in [5.74, 6) is -0.107. The summed E-state index contributed by atoms with van der Waals surface area (Å²) >= 11 is 0. The molecule has 3 amide bonds. The minimum atomic E-state index is -0.589. The Morgan fingerprint density at radius 2 is 1.70 bits per heavy atom. The lowest BCUT2D eigenvalue weighted by Gasteiger charge is -2.31. The van der Waals surface area contributed by atoms with Gasteiger partial charge in [0.15, 0.2) is 0 Å². The van der Waals surface area contributed by atoms with E-state index < -0.39 is 5.54 Å². The number of amides is 3. The number of urea groups is 1. The van der Waals surface area contributed by atoms with Crippen LogP contribution in [0.2, 0.25) is 0 Å². The lowest BCUT2D eigenvalue weighted by atomic mass is 9.95. The van der Waals surface area contributed by atoms with Gasteiger partial charge in [-0.1, -0.05) is 42.2 Å². The Kier molecular flexibility index (Phi) is 3.04. The first-order valence-electron chi connectivity index (χ1n) is 7.21. The number of carbonyl (C=O) groups is 2. The molecule has 0 bridgehead atoms. The second-order valence-electron chi connectivity index (χ2n) is 6.08. The molecular weight excluding hydrogens is 252 g/mol. The number of rotatable bonds is 2. The van der Waals surface area contributed by atoms with E-state index in [1.165, 1.54) is 11.1 Å². The molecule has 4 heteroatoms. The fourth-order valence-electron chi connectivity index (χ4n) is 3.62. The van der Waals surface area contributed by atoms with Gasteiger partial charge in [-0.3, -0.25) is 10.1 Å². The van der Waals surface area contributed by atoms with Crippen LogP contribution < -0.4 is 5.32 Å². The first-order chi connectivity index (χ1) is 9.51. The average Bonchev–Trinajstić information content (AvgIpc) is 2.91. The van der Waals surface area contributed by atoms with Crippen LogP contribution in [0.4, 0.5) is 4.79 Å². The van der Waals surface area contributed by atoms with E-state index in [-0.39, 0.29) is 11.9 Å². The molecule has 1 aromatic carbocycles. The SMILES string of the molecule is Cc1cc(C)cc(CN2C(=O)NC(=O)C23CCCC3)c1. The molecule has 1 N–H and O–H groups in total. The van der Waals surface area contributed by atoms with Crippen molar-refractivity contribution >= 4 is 11.9 Å². The molecular formula is C16H20N2O2. The topological polar surface area (TPSA) is 49.4 Å². The molecule has 2 aliphatic rings. The summed E-state index contributed by atoms with van der Waals surface area (Å²) in [5.41, 5.74) is 2.88. The molecule has 1 saturated heterocycles. The first kappa shape index (κ1) is 13.2.